The lowest BCUT2D eigenvalue weighted by molar-refractivity contribution is -0.131. The summed E-state index contributed by atoms with van der Waals surface area (Å²) in [7, 11) is 0. The van der Waals surface area contributed by atoms with Crippen LogP contribution in [0.15, 0.2) is 45.3 Å². The Bertz CT molecular complexity index is 611. The lowest BCUT2D eigenvalue weighted by Crippen LogP contribution is -1.84. The number of hydrogen-bond donors (Lipinski definition) is 1. The summed E-state index contributed by atoms with van der Waals surface area (Å²) in [5.41, 5.74) is 2.08. The van der Waals surface area contributed by atoms with Gasteiger partial charge in [0.25, 0.3) is 0 Å². The average molecular weight is 307 g/mol. The van der Waals surface area contributed by atoms with Gasteiger partial charge < -0.3 is 9.52 Å². The van der Waals surface area contributed by atoms with E-state index in [0.29, 0.717) is 5.76 Å². The van der Waals surface area contributed by atoms with E-state index in [1.807, 2.05) is 31.2 Å². The highest BCUT2D eigenvalue weighted by Gasteiger charge is 2.06. The van der Waals surface area contributed by atoms with Crippen molar-refractivity contribution < 1.29 is 14.3 Å². The van der Waals surface area contributed by atoms with E-state index in [1.54, 1.807) is 6.07 Å². The van der Waals surface area contributed by atoms with Crippen LogP contribution in [-0.4, -0.2) is 11.1 Å². The number of carboxylic acid groups (broad SMARTS) is 1. The Morgan fingerprint density at radius 3 is 2.78 bits per heavy atom. The molecule has 92 valence electrons. The van der Waals surface area contributed by atoms with E-state index in [9.17, 15) is 4.79 Å². The Hall–Kier alpha value is -1.81. The Morgan fingerprint density at radius 2 is 2.11 bits per heavy atom. The zero-order valence-corrected chi connectivity index (χ0v) is 11.3. The van der Waals surface area contributed by atoms with Crippen LogP contribution in [0.5, 0.6) is 0 Å². The van der Waals surface area contributed by atoms with Crippen LogP contribution in [0.1, 0.15) is 11.3 Å². The van der Waals surface area contributed by atoms with Gasteiger partial charge in [0.15, 0.2) is 0 Å². The van der Waals surface area contributed by atoms with E-state index < -0.39 is 5.97 Å². The summed E-state index contributed by atoms with van der Waals surface area (Å²) >= 11 is 3.41. The first-order valence-electron chi connectivity index (χ1n) is 5.33. The lowest BCUT2D eigenvalue weighted by Gasteiger charge is -2.02. The second-order valence-corrected chi connectivity index (χ2v) is 4.75. The summed E-state index contributed by atoms with van der Waals surface area (Å²) in [4.78, 5) is 10.4. The first kappa shape index (κ1) is 12.6. The SMILES string of the molecule is Cc1cc(Br)ccc1-c1ccc(/C=C/C(=O)O)o1. The number of hydrogen-bond acceptors (Lipinski definition) is 2. The van der Waals surface area contributed by atoms with Crippen LogP contribution in [-0.2, 0) is 4.79 Å². The van der Waals surface area contributed by atoms with Crippen molar-refractivity contribution >= 4 is 28.0 Å². The van der Waals surface area contributed by atoms with E-state index >= 15 is 0 Å². The molecule has 0 saturated carbocycles. The predicted molar refractivity (Wildman–Crippen MR) is 73.3 cm³/mol. The molecule has 3 nitrogen and oxygen atoms in total. The fourth-order valence-electron chi connectivity index (χ4n) is 1.64. The third-order valence-corrected chi connectivity index (χ3v) is 2.96. The molecule has 4 heteroatoms. The molecule has 1 aromatic carbocycles. The van der Waals surface area contributed by atoms with Gasteiger partial charge in [-0.2, -0.15) is 0 Å². The van der Waals surface area contributed by atoms with Crippen LogP contribution in [0, 0.1) is 6.92 Å². The van der Waals surface area contributed by atoms with Gasteiger partial charge >= 0.3 is 5.97 Å². The summed E-state index contributed by atoms with van der Waals surface area (Å²) in [6.45, 7) is 2.00. The molecule has 0 bridgehead atoms. The number of rotatable bonds is 3. The summed E-state index contributed by atoms with van der Waals surface area (Å²) < 4.78 is 6.59. The quantitative estimate of drug-likeness (QED) is 0.868. The normalized spacial score (nSPS) is 11.0. The van der Waals surface area contributed by atoms with Gasteiger partial charge in [0.2, 0.25) is 0 Å². The second kappa shape index (κ2) is 5.23. The zero-order chi connectivity index (χ0) is 13.1. The number of aryl methyl sites for hydroxylation is 1. The van der Waals surface area contributed by atoms with E-state index in [4.69, 9.17) is 9.52 Å². The van der Waals surface area contributed by atoms with E-state index in [-0.39, 0.29) is 0 Å². The van der Waals surface area contributed by atoms with Gasteiger partial charge in [0.05, 0.1) is 0 Å². The Balaban J connectivity index is 2.32. The van der Waals surface area contributed by atoms with Gasteiger partial charge in [0.1, 0.15) is 11.5 Å². The first-order chi connectivity index (χ1) is 8.56. The molecule has 2 rings (SSSR count). The molecule has 1 aromatic heterocycles. The molecular formula is C14H11BrO3. The standard InChI is InChI=1S/C14H11BrO3/c1-9-8-10(15)2-5-12(9)13-6-3-11(18-13)4-7-14(16)17/h2-8H,1H3,(H,16,17)/b7-4+. The second-order valence-electron chi connectivity index (χ2n) is 3.83. The number of carboxylic acids is 1. The highest BCUT2D eigenvalue weighted by Crippen LogP contribution is 2.28. The average Bonchev–Trinajstić information content (AvgIpc) is 2.75. The topological polar surface area (TPSA) is 50.4 Å². The van der Waals surface area contributed by atoms with Gasteiger partial charge in [-0.1, -0.05) is 15.9 Å². The molecule has 0 aliphatic heterocycles. The monoisotopic (exact) mass is 306 g/mol. The Labute approximate surface area is 113 Å². The van der Waals surface area contributed by atoms with Crippen LogP contribution in [0.4, 0.5) is 0 Å². The summed E-state index contributed by atoms with van der Waals surface area (Å²) in [6.07, 6.45) is 2.48. The van der Waals surface area contributed by atoms with Crippen molar-refractivity contribution in [3.05, 3.63) is 52.2 Å². The number of halogens is 1. The van der Waals surface area contributed by atoms with Gasteiger partial charge in [-0.25, -0.2) is 4.79 Å². The molecule has 0 aliphatic rings. The van der Waals surface area contributed by atoms with Crippen LogP contribution in [0.3, 0.4) is 0 Å². The van der Waals surface area contributed by atoms with Crippen molar-refractivity contribution in [1.29, 1.82) is 0 Å². The van der Waals surface area contributed by atoms with Crippen molar-refractivity contribution in [2.24, 2.45) is 0 Å². The van der Waals surface area contributed by atoms with Gasteiger partial charge in [-0.3, -0.25) is 0 Å². The number of benzene rings is 1. The van der Waals surface area contributed by atoms with E-state index in [0.717, 1.165) is 27.4 Å². The minimum absolute atomic E-state index is 0.523. The maximum absolute atomic E-state index is 10.4. The lowest BCUT2D eigenvalue weighted by atomic mass is 10.1. The molecule has 1 N–H and O–H groups in total. The van der Waals surface area contributed by atoms with Crippen molar-refractivity contribution in [3.8, 4) is 11.3 Å². The number of aliphatic carboxylic acids is 1. The third kappa shape index (κ3) is 2.90. The molecule has 0 spiro atoms. The van der Waals surface area contributed by atoms with Crippen LogP contribution in [0.25, 0.3) is 17.4 Å². The smallest absolute Gasteiger partial charge is 0.328 e. The third-order valence-electron chi connectivity index (χ3n) is 2.47. The molecule has 1 heterocycles. The van der Waals surface area contributed by atoms with Crippen molar-refractivity contribution in [1.82, 2.24) is 0 Å². The molecule has 2 aromatic rings. The molecule has 0 radical (unpaired) electrons. The largest absolute Gasteiger partial charge is 0.478 e. The predicted octanol–water partition coefficient (Wildman–Crippen LogP) is 4.12. The fourth-order valence-corrected chi connectivity index (χ4v) is 2.12. The van der Waals surface area contributed by atoms with Gasteiger partial charge in [-0.05, 0) is 48.9 Å². The maximum Gasteiger partial charge on any atom is 0.328 e. The maximum atomic E-state index is 10.4. The van der Waals surface area contributed by atoms with E-state index in [1.165, 1.54) is 6.08 Å². The minimum Gasteiger partial charge on any atom is -0.478 e. The van der Waals surface area contributed by atoms with Crippen molar-refractivity contribution in [3.63, 3.8) is 0 Å². The molecule has 0 unspecified atom stereocenters. The van der Waals surface area contributed by atoms with Crippen LogP contribution < -0.4 is 0 Å². The van der Waals surface area contributed by atoms with E-state index in [2.05, 4.69) is 15.9 Å². The highest BCUT2D eigenvalue weighted by atomic mass is 79.9. The Morgan fingerprint density at radius 1 is 1.33 bits per heavy atom. The van der Waals surface area contributed by atoms with Gasteiger partial charge in [0, 0.05) is 16.1 Å². The molecule has 0 aliphatic carbocycles. The molecule has 18 heavy (non-hydrogen) atoms. The van der Waals surface area contributed by atoms with Gasteiger partial charge in [-0.15, -0.1) is 0 Å². The molecule has 0 atom stereocenters. The van der Waals surface area contributed by atoms with Crippen molar-refractivity contribution in [2.45, 2.75) is 6.92 Å². The summed E-state index contributed by atoms with van der Waals surface area (Å²) in [5.74, 6) is 0.257. The first-order valence-corrected chi connectivity index (χ1v) is 6.13. The number of furan rings is 1. The molecule has 0 saturated heterocycles. The van der Waals surface area contributed by atoms with Crippen LogP contribution >= 0.6 is 15.9 Å². The molecular weight excluding hydrogens is 296 g/mol. The molecule has 0 amide bonds. The highest BCUT2D eigenvalue weighted by molar-refractivity contribution is 9.10. The van der Waals surface area contributed by atoms with Crippen molar-refractivity contribution in [2.75, 3.05) is 0 Å². The molecule has 0 fully saturated rings. The number of carbonyl (C=O) groups is 1. The zero-order valence-electron chi connectivity index (χ0n) is 9.68. The summed E-state index contributed by atoms with van der Waals surface area (Å²) in [6, 6.07) is 9.49. The Kier molecular flexibility index (Phi) is 3.67. The fraction of sp³-hybridized carbons (Fsp3) is 0.0714. The minimum atomic E-state index is -0.993. The summed E-state index contributed by atoms with van der Waals surface area (Å²) in [5, 5.41) is 8.54. The van der Waals surface area contributed by atoms with Crippen LogP contribution in [0.2, 0.25) is 0 Å².